The van der Waals surface area contributed by atoms with Gasteiger partial charge in [-0.3, -0.25) is 4.79 Å². The highest BCUT2D eigenvalue weighted by Gasteiger charge is 2.22. The molecule has 1 amide bonds. The van der Waals surface area contributed by atoms with Crippen molar-refractivity contribution < 1.29 is 19.1 Å². The molecule has 0 fully saturated rings. The number of esters is 1. The van der Waals surface area contributed by atoms with Crippen LogP contribution < -0.4 is 10.1 Å². The number of nitrogens with one attached hydrogen (secondary N) is 1. The molecular formula is C23H20ClNO4. The summed E-state index contributed by atoms with van der Waals surface area (Å²) in [5.41, 5.74) is 2.63. The van der Waals surface area contributed by atoms with Crippen LogP contribution in [-0.2, 0) is 9.53 Å². The molecule has 0 bridgehead atoms. The molecule has 29 heavy (non-hydrogen) atoms. The van der Waals surface area contributed by atoms with Crippen molar-refractivity contribution >= 4 is 29.2 Å². The van der Waals surface area contributed by atoms with Crippen molar-refractivity contribution in [1.82, 2.24) is 0 Å². The number of hydrogen-bond donors (Lipinski definition) is 1. The van der Waals surface area contributed by atoms with Gasteiger partial charge in [0.15, 0.2) is 6.10 Å². The standard InChI is InChI=1S/C23H20ClNO4/c1-15(29-23(27)19-14-17(24)12-13-21(19)28-2)22(26)25-20-11-7-6-10-18(20)16-8-4-3-5-9-16/h3-15H,1-2H3,(H,25,26)/t15-/m1/s1. The summed E-state index contributed by atoms with van der Waals surface area (Å²) in [6, 6.07) is 21.8. The van der Waals surface area contributed by atoms with Crippen molar-refractivity contribution in [3.05, 3.63) is 83.4 Å². The number of amides is 1. The molecule has 0 saturated heterocycles. The second-order valence-electron chi connectivity index (χ2n) is 6.29. The Morgan fingerprint density at radius 3 is 2.38 bits per heavy atom. The van der Waals surface area contributed by atoms with Crippen LogP contribution in [0.4, 0.5) is 5.69 Å². The van der Waals surface area contributed by atoms with Gasteiger partial charge in [-0.15, -0.1) is 0 Å². The van der Waals surface area contributed by atoms with Crippen molar-refractivity contribution in [3.8, 4) is 16.9 Å². The first-order valence-corrected chi connectivity index (χ1v) is 9.37. The fourth-order valence-electron chi connectivity index (χ4n) is 2.81. The molecule has 3 rings (SSSR count). The quantitative estimate of drug-likeness (QED) is 0.568. The summed E-state index contributed by atoms with van der Waals surface area (Å²) >= 11 is 5.96. The lowest BCUT2D eigenvalue weighted by Crippen LogP contribution is -2.30. The normalized spacial score (nSPS) is 11.4. The number of ether oxygens (including phenoxy) is 2. The van der Waals surface area contributed by atoms with Gasteiger partial charge in [0, 0.05) is 16.3 Å². The Balaban J connectivity index is 1.74. The van der Waals surface area contributed by atoms with Crippen LogP contribution in [0.1, 0.15) is 17.3 Å². The average molecular weight is 410 g/mol. The van der Waals surface area contributed by atoms with Crippen molar-refractivity contribution in [2.24, 2.45) is 0 Å². The Bertz CT molecular complexity index is 1020. The van der Waals surface area contributed by atoms with Crippen LogP contribution >= 0.6 is 11.6 Å². The van der Waals surface area contributed by atoms with Crippen LogP contribution in [0.5, 0.6) is 5.75 Å². The molecule has 0 saturated carbocycles. The minimum atomic E-state index is -1.02. The number of carbonyl (C=O) groups excluding carboxylic acids is 2. The average Bonchev–Trinajstić information content (AvgIpc) is 2.74. The molecule has 0 aliphatic heterocycles. The van der Waals surface area contributed by atoms with Gasteiger partial charge in [0.2, 0.25) is 0 Å². The molecule has 3 aromatic rings. The summed E-state index contributed by atoms with van der Waals surface area (Å²) in [5, 5.41) is 3.20. The van der Waals surface area contributed by atoms with Gasteiger partial charge in [-0.1, -0.05) is 60.1 Å². The largest absolute Gasteiger partial charge is 0.496 e. The lowest BCUT2D eigenvalue weighted by atomic mass is 10.0. The topological polar surface area (TPSA) is 64.6 Å². The van der Waals surface area contributed by atoms with Gasteiger partial charge in [-0.2, -0.15) is 0 Å². The van der Waals surface area contributed by atoms with E-state index in [1.54, 1.807) is 18.2 Å². The maximum absolute atomic E-state index is 12.6. The van der Waals surface area contributed by atoms with E-state index in [4.69, 9.17) is 21.1 Å². The number of methoxy groups -OCH3 is 1. The molecular weight excluding hydrogens is 390 g/mol. The number of rotatable bonds is 6. The number of benzene rings is 3. The lowest BCUT2D eigenvalue weighted by Gasteiger charge is -2.16. The summed E-state index contributed by atoms with van der Waals surface area (Å²) in [7, 11) is 1.44. The first-order valence-electron chi connectivity index (χ1n) is 8.99. The minimum absolute atomic E-state index is 0.157. The third-order valence-electron chi connectivity index (χ3n) is 4.30. The molecule has 0 aromatic heterocycles. The van der Waals surface area contributed by atoms with Gasteiger partial charge in [0.1, 0.15) is 11.3 Å². The highest BCUT2D eigenvalue weighted by Crippen LogP contribution is 2.28. The van der Waals surface area contributed by atoms with Gasteiger partial charge in [-0.05, 0) is 36.8 Å². The third-order valence-corrected chi connectivity index (χ3v) is 4.54. The Labute approximate surface area is 174 Å². The number of halogens is 1. The number of hydrogen-bond acceptors (Lipinski definition) is 4. The minimum Gasteiger partial charge on any atom is -0.496 e. The van der Waals surface area contributed by atoms with Crippen LogP contribution in [0, 0.1) is 0 Å². The summed E-state index contributed by atoms with van der Waals surface area (Å²) < 4.78 is 10.5. The molecule has 5 nitrogen and oxygen atoms in total. The van der Waals surface area contributed by atoms with E-state index < -0.39 is 18.0 Å². The Kier molecular flexibility index (Phi) is 6.52. The van der Waals surface area contributed by atoms with E-state index in [-0.39, 0.29) is 5.56 Å². The summed E-state index contributed by atoms with van der Waals surface area (Å²) in [5.74, 6) is -0.812. The van der Waals surface area contributed by atoms with E-state index in [2.05, 4.69) is 5.32 Å². The predicted octanol–water partition coefficient (Wildman–Crippen LogP) is 5.20. The third kappa shape index (κ3) is 4.95. The first-order chi connectivity index (χ1) is 14.0. The first kappa shape index (κ1) is 20.4. The maximum atomic E-state index is 12.6. The smallest absolute Gasteiger partial charge is 0.342 e. The molecule has 3 aromatic carbocycles. The van der Waals surface area contributed by atoms with E-state index in [0.29, 0.717) is 16.5 Å². The van der Waals surface area contributed by atoms with Crippen molar-refractivity contribution in [3.63, 3.8) is 0 Å². The fourth-order valence-corrected chi connectivity index (χ4v) is 2.99. The van der Waals surface area contributed by atoms with E-state index >= 15 is 0 Å². The lowest BCUT2D eigenvalue weighted by molar-refractivity contribution is -0.123. The SMILES string of the molecule is COc1ccc(Cl)cc1C(=O)O[C@H](C)C(=O)Nc1ccccc1-c1ccccc1. The van der Waals surface area contributed by atoms with Gasteiger partial charge < -0.3 is 14.8 Å². The van der Waals surface area contributed by atoms with Crippen LogP contribution in [0.3, 0.4) is 0 Å². The van der Waals surface area contributed by atoms with Gasteiger partial charge >= 0.3 is 5.97 Å². The number of carbonyl (C=O) groups is 2. The zero-order chi connectivity index (χ0) is 20.8. The predicted molar refractivity (Wildman–Crippen MR) is 113 cm³/mol. The van der Waals surface area contributed by atoms with Crippen LogP contribution in [0.25, 0.3) is 11.1 Å². The highest BCUT2D eigenvalue weighted by atomic mass is 35.5. The second kappa shape index (κ2) is 9.26. The Morgan fingerprint density at radius 2 is 1.66 bits per heavy atom. The van der Waals surface area contributed by atoms with Gasteiger partial charge in [0.05, 0.1) is 7.11 Å². The van der Waals surface area contributed by atoms with E-state index in [0.717, 1.165) is 11.1 Å². The number of anilines is 1. The summed E-state index contributed by atoms with van der Waals surface area (Å²) in [6.45, 7) is 1.51. The van der Waals surface area contributed by atoms with Crippen molar-refractivity contribution in [2.45, 2.75) is 13.0 Å². The zero-order valence-corrected chi connectivity index (χ0v) is 16.8. The molecule has 0 heterocycles. The van der Waals surface area contributed by atoms with Crippen molar-refractivity contribution in [2.75, 3.05) is 12.4 Å². The molecule has 0 aliphatic rings. The summed E-state index contributed by atoms with van der Waals surface area (Å²) in [6.07, 6.45) is -1.02. The Hall–Kier alpha value is -3.31. The molecule has 0 aliphatic carbocycles. The van der Waals surface area contributed by atoms with Crippen molar-refractivity contribution in [1.29, 1.82) is 0 Å². The molecule has 0 spiro atoms. The summed E-state index contributed by atoms with van der Waals surface area (Å²) in [4.78, 5) is 25.1. The van der Waals surface area contributed by atoms with Crippen LogP contribution in [0.2, 0.25) is 5.02 Å². The highest BCUT2D eigenvalue weighted by molar-refractivity contribution is 6.31. The molecule has 1 atom stereocenters. The molecule has 1 N–H and O–H groups in total. The number of para-hydroxylation sites is 1. The molecule has 0 unspecified atom stereocenters. The van der Waals surface area contributed by atoms with E-state index in [1.807, 2.05) is 48.5 Å². The monoisotopic (exact) mass is 409 g/mol. The van der Waals surface area contributed by atoms with Crippen LogP contribution in [-0.4, -0.2) is 25.1 Å². The zero-order valence-electron chi connectivity index (χ0n) is 16.0. The fraction of sp³-hybridized carbons (Fsp3) is 0.130. The maximum Gasteiger partial charge on any atom is 0.342 e. The van der Waals surface area contributed by atoms with Crippen LogP contribution in [0.15, 0.2) is 72.8 Å². The molecule has 148 valence electrons. The molecule has 0 radical (unpaired) electrons. The Morgan fingerprint density at radius 1 is 0.966 bits per heavy atom. The second-order valence-corrected chi connectivity index (χ2v) is 6.73. The van der Waals surface area contributed by atoms with E-state index in [1.165, 1.54) is 20.1 Å². The molecule has 6 heteroatoms. The van der Waals surface area contributed by atoms with Gasteiger partial charge in [-0.25, -0.2) is 4.79 Å². The van der Waals surface area contributed by atoms with Gasteiger partial charge in [0.25, 0.3) is 5.91 Å². The van der Waals surface area contributed by atoms with E-state index in [9.17, 15) is 9.59 Å².